The number of furan rings is 2. The van der Waals surface area contributed by atoms with E-state index in [1.165, 1.54) is 11.1 Å². The van der Waals surface area contributed by atoms with Crippen LogP contribution in [0.25, 0.3) is 0 Å². The van der Waals surface area contributed by atoms with E-state index in [4.69, 9.17) is 8.83 Å². The van der Waals surface area contributed by atoms with Crippen molar-refractivity contribution in [1.29, 1.82) is 0 Å². The second kappa shape index (κ2) is 13.8. The highest BCUT2D eigenvalue weighted by molar-refractivity contribution is 6.99. The molecular weight excluding hydrogens is 733 g/mol. The fraction of sp³-hybridized carbons (Fsp3) is 0.296. The van der Waals surface area contributed by atoms with Crippen molar-refractivity contribution >= 4 is 74.7 Å². The fourth-order valence-electron chi connectivity index (χ4n) is 8.72. The van der Waals surface area contributed by atoms with Gasteiger partial charge in [-0.2, -0.15) is 0 Å². The molecule has 6 heteroatoms. The number of para-hydroxylation sites is 2. The third-order valence-corrected chi connectivity index (χ3v) is 12.1. The Morgan fingerprint density at radius 3 is 1.10 bits per heavy atom. The van der Waals surface area contributed by atoms with Crippen LogP contribution in [0.2, 0.25) is 0 Å². The van der Waals surface area contributed by atoms with E-state index in [-0.39, 0.29) is 28.4 Å². The van der Waals surface area contributed by atoms with E-state index in [0.717, 1.165) is 79.5 Å². The summed E-state index contributed by atoms with van der Waals surface area (Å²) in [5, 5.41) is 0. The van der Waals surface area contributed by atoms with Crippen molar-refractivity contribution in [2.75, 3.05) is 14.7 Å². The molecule has 4 heterocycles. The maximum absolute atomic E-state index is 7.18. The summed E-state index contributed by atoms with van der Waals surface area (Å²) in [6, 6.07) is 49.0. The number of hydrogen-bond acceptors (Lipinski definition) is 5. The molecule has 0 aliphatic carbocycles. The van der Waals surface area contributed by atoms with E-state index >= 15 is 0 Å². The first-order valence-corrected chi connectivity index (χ1v) is 21.5. The van der Waals surface area contributed by atoms with Gasteiger partial charge in [0.2, 0.25) is 0 Å². The summed E-state index contributed by atoms with van der Waals surface area (Å²) in [5.41, 5.74) is 14.8. The fourth-order valence-corrected chi connectivity index (χ4v) is 8.72. The van der Waals surface area contributed by atoms with Crippen molar-refractivity contribution in [3.05, 3.63) is 156 Å². The van der Waals surface area contributed by atoms with Crippen molar-refractivity contribution in [1.82, 2.24) is 0 Å². The number of fused-ring (bicyclic) bond motifs is 4. The Bertz CT molecular complexity index is 2500. The lowest BCUT2D eigenvalue weighted by Gasteiger charge is -2.41. The normalized spacial score (nSPS) is 13.9. The molecule has 0 saturated carbocycles. The smallest absolute Gasteiger partial charge is 0.342 e. The number of anilines is 9. The van der Waals surface area contributed by atoms with Gasteiger partial charge in [-0.25, -0.2) is 0 Å². The summed E-state index contributed by atoms with van der Waals surface area (Å²) in [5.74, 6) is 1.89. The van der Waals surface area contributed by atoms with Crippen molar-refractivity contribution in [3.63, 3.8) is 0 Å². The summed E-state index contributed by atoms with van der Waals surface area (Å²) in [6.45, 7) is 26.7. The third kappa shape index (κ3) is 6.74. The molecule has 2 aliphatic rings. The van der Waals surface area contributed by atoms with E-state index in [2.05, 4.69) is 231 Å². The summed E-state index contributed by atoms with van der Waals surface area (Å²) >= 11 is 0. The van der Waals surface area contributed by atoms with Crippen LogP contribution in [-0.4, -0.2) is 6.71 Å². The monoisotopic (exact) mass is 791 g/mol. The van der Waals surface area contributed by atoms with Gasteiger partial charge in [0.15, 0.2) is 0 Å². The van der Waals surface area contributed by atoms with E-state index in [0.29, 0.717) is 0 Å². The molecule has 0 bridgehead atoms. The van der Waals surface area contributed by atoms with Gasteiger partial charge in [0.05, 0.1) is 17.1 Å². The number of rotatable bonds is 5. The van der Waals surface area contributed by atoms with Gasteiger partial charge < -0.3 is 23.5 Å². The lowest BCUT2D eigenvalue weighted by Crippen LogP contribution is -2.60. The summed E-state index contributed by atoms with van der Waals surface area (Å²) < 4.78 is 14.4. The lowest BCUT2D eigenvalue weighted by molar-refractivity contribution is 0.419. The molecule has 5 aromatic carbocycles. The van der Waals surface area contributed by atoms with Gasteiger partial charge in [-0.05, 0) is 88.1 Å². The second-order valence-corrected chi connectivity index (χ2v) is 20.8. The molecule has 7 aromatic rings. The van der Waals surface area contributed by atoms with E-state index in [1.54, 1.807) is 0 Å². The van der Waals surface area contributed by atoms with Crippen LogP contribution in [0.3, 0.4) is 0 Å². The van der Waals surface area contributed by atoms with Crippen molar-refractivity contribution in [2.24, 2.45) is 0 Å². The van der Waals surface area contributed by atoms with Crippen LogP contribution in [0.1, 0.15) is 106 Å². The zero-order valence-electron chi connectivity index (χ0n) is 37.4. The van der Waals surface area contributed by atoms with E-state index in [1.807, 2.05) is 0 Å². The molecular formula is C54H58BN3O2. The minimum Gasteiger partial charge on any atom is -0.472 e. The molecule has 0 spiro atoms. The molecule has 0 atom stereocenters. The highest BCUT2D eigenvalue weighted by Gasteiger charge is 2.50. The van der Waals surface area contributed by atoms with Crippen LogP contribution in [0, 0.1) is 0 Å². The first kappa shape index (κ1) is 39.6. The summed E-state index contributed by atoms with van der Waals surface area (Å²) in [7, 11) is 0. The van der Waals surface area contributed by atoms with Crippen molar-refractivity contribution < 1.29 is 8.83 Å². The SMILES string of the molecule is CC(C)(C)c1ccc(N2c3cc(C(C)(C)C)oc3B3c4oc(C(C)(C)C)cc4N(c4ccc(C(C)(C)C)cc4)c4cc(N(c5ccccc5)c5ccccc5)cc2c43)cc1. The zero-order valence-corrected chi connectivity index (χ0v) is 37.4. The van der Waals surface area contributed by atoms with Crippen molar-refractivity contribution in [3.8, 4) is 0 Å². The highest BCUT2D eigenvalue weighted by atomic mass is 16.4. The largest absolute Gasteiger partial charge is 0.472 e. The first-order chi connectivity index (χ1) is 28.3. The Balaban J connectivity index is 1.41. The molecule has 0 fully saturated rings. The van der Waals surface area contributed by atoms with Crippen LogP contribution in [0.15, 0.2) is 142 Å². The third-order valence-electron chi connectivity index (χ3n) is 12.1. The number of benzene rings is 5. The van der Waals surface area contributed by atoms with Gasteiger partial charge in [0.1, 0.15) is 22.8 Å². The minimum atomic E-state index is -0.279. The topological polar surface area (TPSA) is 36.0 Å². The standard InChI is InChI=1S/C54H58BN3O2/c1-51(2,3)35-23-27-39(28-24-35)57-42-31-41(56(37-19-15-13-16-20-37)38-21-17-14-18-22-38)32-43-48(42)55(49-44(57)33-46(59-49)53(7,8)9)50-45(34-47(60-50)54(10,11)12)58(43)40-29-25-36(26-30-40)52(4,5)6/h13-34H,1-12H3. The molecule has 0 amide bonds. The number of hydrogen-bond donors (Lipinski definition) is 0. The van der Waals surface area contributed by atoms with Gasteiger partial charge in [0.25, 0.3) is 0 Å². The predicted molar refractivity (Wildman–Crippen MR) is 254 cm³/mol. The molecule has 9 rings (SSSR count). The maximum atomic E-state index is 7.18. The van der Waals surface area contributed by atoms with Crippen LogP contribution in [0.4, 0.5) is 51.2 Å². The molecule has 60 heavy (non-hydrogen) atoms. The zero-order chi connectivity index (χ0) is 42.5. The number of nitrogens with zero attached hydrogens (tertiary/aromatic N) is 3. The van der Waals surface area contributed by atoms with Crippen LogP contribution < -0.4 is 31.5 Å². The Kier molecular flexibility index (Phi) is 9.13. The average molecular weight is 792 g/mol. The molecule has 304 valence electrons. The molecule has 0 N–H and O–H groups in total. The average Bonchev–Trinajstić information content (AvgIpc) is 3.85. The molecule has 0 saturated heterocycles. The van der Waals surface area contributed by atoms with Gasteiger partial charge >= 0.3 is 6.71 Å². The maximum Gasteiger partial charge on any atom is 0.342 e. The van der Waals surface area contributed by atoms with Crippen LogP contribution in [-0.2, 0) is 21.7 Å². The molecule has 0 radical (unpaired) electrons. The molecule has 0 unspecified atom stereocenters. The minimum absolute atomic E-state index is 0.0141. The van der Waals surface area contributed by atoms with Gasteiger partial charge in [0, 0.05) is 57.1 Å². The molecule has 5 nitrogen and oxygen atoms in total. The summed E-state index contributed by atoms with van der Waals surface area (Å²) in [6.07, 6.45) is 0. The second-order valence-electron chi connectivity index (χ2n) is 20.8. The van der Waals surface area contributed by atoms with Crippen LogP contribution in [0.5, 0.6) is 0 Å². The van der Waals surface area contributed by atoms with Gasteiger partial charge in [-0.1, -0.05) is 144 Å². The molecule has 2 aliphatic heterocycles. The lowest BCUT2D eigenvalue weighted by atomic mass is 9.38. The Hall–Kier alpha value is -5.88. The Labute approximate surface area is 357 Å². The van der Waals surface area contributed by atoms with Crippen molar-refractivity contribution in [2.45, 2.75) is 105 Å². The van der Waals surface area contributed by atoms with E-state index < -0.39 is 0 Å². The quantitative estimate of drug-likeness (QED) is 0.162. The van der Waals surface area contributed by atoms with E-state index in [9.17, 15) is 0 Å². The van der Waals surface area contributed by atoms with Crippen LogP contribution >= 0.6 is 0 Å². The summed E-state index contributed by atoms with van der Waals surface area (Å²) in [4.78, 5) is 7.25. The Morgan fingerprint density at radius 2 is 0.767 bits per heavy atom. The van der Waals surface area contributed by atoms with Gasteiger partial charge in [-0.3, -0.25) is 0 Å². The Morgan fingerprint density at radius 1 is 0.400 bits per heavy atom. The predicted octanol–water partition coefficient (Wildman–Crippen LogP) is 13.6. The van der Waals surface area contributed by atoms with Gasteiger partial charge in [-0.15, -0.1) is 0 Å². The first-order valence-electron chi connectivity index (χ1n) is 21.5. The highest BCUT2D eigenvalue weighted by Crippen LogP contribution is 2.50. The molecule has 2 aromatic heterocycles.